The number of hydrogen-bond donors (Lipinski definition) is 2. The van der Waals surface area contributed by atoms with E-state index in [2.05, 4.69) is 5.32 Å². The lowest BCUT2D eigenvalue weighted by molar-refractivity contribution is -0.144. The summed E-state index contributed by atoms with van der Waals surface area (Å²) >= 11 is 0. The number of carbonyl (C=O) groups is 3. The standard InChI is InChI=1S/C24H28N2O8/c1-15(18-12-17(30-2)7-9-19(18)31-3)26-23(28)14-34-24(29)10-6-16-5-8-20(21(11-16)32-4)33-13-22(25)27/h5-12,15H,13-14H2,1-4H3,(H2,25,27)(H,26,28)/b10-6+. The first-order valence-electron chi connectivity index (χ1n) is 10.2. The van der Waals surface area contributed by atoms with Crippen LogP contribution >= 0.6 is 0 Å². The molecule has 0 heterocycles. The number of carbonyl (C=O) groups excluding carboxylic acids is 3. The molecule has 0 aromatic heterocycles. The fourth-order valence-corrected chi connectivity index (χ4v) is 2.94. The first kappa shape index (κ1) is 26.0. The van der Waals surface area contributed by atoms with Crippen LogP contribution in [0.25, 0.3) is 6.08 Å². The molecule has 0 aliphatic carbocycles. The number of rotatable bonds is 12. The SMILES string of the molecule is COc1ccc(OC)c(C(C)NC(=O)COC(=O)/C=C/c2ccc(OCC(N)=O)c(OC)c2)c1. The van der Waals surface area contributed by atoms with Crippen molar-refractivity contribution in [2.24, 2.45) is 5.73 Å². The average Bonchev–Trinajstić information content (AvgIpc) is 2.84. The molecule has 10 nitrogen and oxygen atoms in total. The third-order valence-corrected chi connectivity index (χ3v) is 4.60. The maximum absolute atomic E-state index is 12.2. The number of methoxy groups -OCH3 is 3. The second-order valence-corrected chi connectivity index (χ2v) is 7.00. The molecule has 0 fully saturated rings. The Kier molecular flexibility index (Phi) is 9.75. The van der Waals surface area contributed by atoms with Crippen LogP contribution in [0.4, 0.5) is 0 Å². The maximum atomic E-state index is 12.2. The molecule has 0 saturated carbocycles. The van der Waals surface area contributed by atoms with Gasteiger partial charge in [0.25, 0.3) is 11.8 Å². The second kappa shape index (κ2) is 12.7. The normalized spacial score (nSPS) is 11.4. The van der Waals surface area contributed by atoms with Gasteiger partial charge in [0.05, 0.1) is 27.4 Å². The summed E-state index contributed by atoms with van der Waals surface area (Å²) in [5, 5.41) is 2.75. The van der Waals surface area contributed by atoms with Crippen molar-refractivity contribution in [2.45, 2.75) is 13.0 Å². The van der Waals surface area contributed by atoms with Gasteiger partial charge in [-0.2, -0.15) is 0 Å². The van der Waals surface area contributed by atoms with E-state index in [9.17, 15) is 14.4 Å². The van der Waals surface area contributed by atoms with Gasteiger partial charge in [-0.1, -0.05) is 6.07 Å². The van der Waals surface area contributed by atoms with Gasteiger partial charge in [0.15, 0.2) is 24.7 Å². The van der Waals surface area contributed by atoms with Gasteiger partial charge >= 0.3 is 5.97 Å². The molecule has 0 radical (unpaired) electrons. The Balaban J connectivity index is 1.91. The number of amides is 2. The molecule has 2 amide bonds. The Bertz CT molecular complexity index is 1050. The van der Waals surface area contributed by atoms with Crippen LogP contribution in [0.1, 0.15) is 24.1 Å². The first-order chi connectivity index (χ1) is 16.3. The number of nitrogens with two attached hydrogens (primary N) is 1. The zero-order valence-electron chi connectivity index (χ0n) is 19.5. The van der Waals surface area contributed by atoms with Crippen molar-refractivity contribution in [1.82, 2.24) is 5.32 Å². The number of hydrogen-bond acceptors (Lipinski definition) is 8. The van der Waals surface area contributed by atoms with E-state index in [1.165, 1.54) is 26.4 Å². The van der Waals surface area contributed by atoms with Crippen LogP contribution in [0.3, 0.4) is 0 Å². The summed E-state index contributed by atoms with van der Waals surface area (Å²) in [7, 11) is 4.52. The monoisotopic (exact) mass is 472 g/mol. The number of ether oxygens (including phenoxy) is 5. The summed E-state index contributed by atoms with van der Waals surface area (Å²) in [5.74, 6) is 0.117. The molecule has 0 aliphatic rings. The fraction of sp³-hybridized carbons (Fsp3) is 0.292. The summed E-state index contributed by atoms with van der Waals surface area (Å²) in [4.78, 5) is 35.1. The molecule has 182 valence electrons. The van der Waals surface area contributed by atoms with E-state index >= 15 is 0 Å². The second-order valence-electron chi connectivity index (χ2n) is 7.00. The molecule has 2 rings (SSSR count). The zero-order chi connectivity index (χ0) is 25.1. The Morgan fingerprint density at radius 2 is 1.65 bits per heavy atom. The van der Waals surface area contributed by atoms with Crippen LogP contribution in [0.5, 0.6) is 23.0 Å². The van der Waals surface area contributed by atoms with Gasteiger partial charge < -0.3 is 34.7 Å². The minimum atomic E-state index is -0.699. The molecule has 2 aromatic carbocycles. The highest BCUT2D eigenvalue weighted by atomic mass is 16.5. The molecule has 34 heavy (non-hydrogen) atoms. The highest BCUT2D eigenvalue weighted by Crippen LogP contribution is 2.29. The Hall–Kier alpha value is -4.21. The molecule has 10 heteroatoms. The minimum absolute atomic E-state index is 0.289. The lowest BCUT2D eigenvalue weighted by Crippen LogP contribution is -2.31. The zero-order valence-corrected chi connectivity index (χ0v) is 19.5. The quantitative estimate of drug-likeness (QED) is 0.354. The molecule has 3 N–H and O–H groups in total. The Morgan fingerprint density at radius 1 is 0.941 bits per heavy atom. The lowest BCUT2D eigenvalue weighted by atomic mass is 10.1. The third kappa shape index (κ3) is 7.73. The smallest absolute Gasteiger partial charge is 0.331 e. The molecule has 1 unspecified atom stereocenters. The predicted molar refractivity (Wildman–Crippen MR) is 124 cm³/mol. The van der Waals surface area contributed by atoms with E-state index in [4.69, 9.17) is 29.4 Å². The topological polar surface area (TPSA) is 135 Å². The minimum Gasteiger partial charge on any atom is -0.497 e. The predicted octanol–water partition coefficient (Wildman–Crippen LogP) is 2.01. The molecule has 0 saturated heterocycles. The third-order valence-electron chi connectivity index (χ3n) is 4.60. The van der Waals surface area contributed by atoms with E-state index in [0.29, 0.717) is 28.6 Å². The largest absolute Gasteiger partial charge is 0.497 e. The number of benzene rings is 2. The van der Waals surface area contributed by atoms with E-state index in [0.717, 1.165) is 5.56 Å². The summed E-state index contributed by atoms with van der Waals surface area (Å²) in [6.07, 6.45) is 2.67. The van der Waals surface area contributed by atoms with E-state index in [1.807, 2.05) is 0 Å². The van der Waals surface area contributed by atoms with Crippen LogP contribution in [0.15, 0.2) is 42.5 Å². The number of nitrogens with one attached hydrogen (secondary N) is 1. The first-order valence-corrected chi connectivity index (χ1v) is 10.2. The van der Waals surface area contributed by atoms with Crippen molar-refractivity contribution in [3.63, 3.8) is 0 Å². The highest BCUT2D eigenvalue weighted by molar-refractivity contribution is 5.89. The summed E-state index contributed by atoms with van der Waals surface area (Å²) in [6.45, 7) is 1.04. The molecule has 0 bridgehead atoms. The van der Waals surface area contributed by atoms with Gasteiger partial charge in [0.1, 0.15) is 11.5 Å². The Labute approximate surface area is 197 Å². The number of esters is 1. The van der Waals surface area contributed by atoms with Gasteiger partial charge in [-0.15, -0.1) is 0 Å². The van der Waals surface area contributed by atoms with Crippen LogP contribution in [-0.4, -0.2) is 52.3 Å². The van der Waals surface area contributed by atoms with Crippen molar-refractivity contribution < 1.29 is 38.1 Å². The van der Waals surface area contributed by atoms with Gasteiger partial charge in [-0.3, -0.25) is 9.59 Å². The van der Waals surface area contributed by atoms with Crippen molar-refractivity contribution in [1.29, 1.82) is 0 Å². The van der Waals surface area contributed by atoms with Gasteiger partial charge in [-0.25, -0.2) is 4.79 Å². The van der Waals surface area contributed by atoms with E-state index < -0.39 is 30.4 Å². The number of primary amides is 1. The van der Waals surface area contributed by atoms with Crippen LogP contribution in [0.2, 0.25) is 0 Å². The summed E-state index contributed by atoms with van der Waals surface area (Å²) < 4.78 is 26.0. The molecular weight excluding hydrogens is 444 g/mol. The molecular formula is C24H28N2O8. The van der Waals surface area contributed by atoms with E-state index in [1.54, 1.807) is 50.4 Å². The van der Waals surface area contributed by atoms with E-state index in [-0.39, 0.29) is 6.61 Å². The van der Waals surface area contributed by atoms with Crippen molar-refractivity contribution in [2.75, 3.05) is 34.5 Å². The lowest BCUT2D eigenvalue weighted by Gasteiger charge is -2.18. The van der Waals surface area contributed by atoms with Gasteiger partial charge in [-0.05, 0) is 48.9 Å². The van der Waals surface area contributed by atoms with Crippen LogP contribution < -0.4 is 30.0 Å². The van der Waals surface area contributed by atoms with Crippen molar-refractivity contribution in [3.05, 3.63) is 53.6 Å². The van der Waals surface area contributed by atoms with Gasteiger partial charge in [0, 0.05) is 11.6 Å². The fourth-order valence-electron chi connectivity index (χ4n) is 2.94. The van der Waals surface area contributed by atoms with Crippen molar-refractivity contribution in [3.8, 4) is 23.0 Å². The summed E-state index contributed by atoms with van der Waals surface area (Å²) in [5.41, 5.74) is 6.40. The van der Waals surface area contributed by atoms with Crippen LogP contribution in [0, 0.1) is 0 Å². The summed E-state index contributed by atoms with van der Waals surface area (Å²) in [6, 6.07) is 9.68. The Morgan fingerprint density at radius 3 is 2.29 bits per heavy atom. The average molecular weight is 472 g/mol. The van der Waals surface area contributed by atoms with Crippen LogP contribution in [-0.2, 0) is 19.1 Å². The molecule has 0 spiro atoms. The molecule has 1 atom stereocenters. The van der Waals surface area contributed by atoms with Gasteiger partial charge in [0.2, 0.25) is 0 Å². The molecule has 0 aliphatic heterocycles. The maximum Gasteiger partial charge on any atom is 0.331 e. The highest BCUT2D eigenvalue weighted by Gasteiger charge is 2.16. The van der Waals surface area contributed by atoms with Crippen molar-refractivity contribution >= 4 is 23.9 Å². The molecule has 2 aromatic rings.